The predicted molar refractivity (Wildman–Crippen MR) is 88.2 cm³/mol. The lowest BCUT2D eigenvalue weighted by atomic mass is 9.59. The van der Waals surface area contributed by atoms with Gasteiger partial charge in [0.05, 0.1) is 6.04 Å². The molecule has 3 heteroatoms. The van der Waals surface area contributed by atoms with Crippen molar-refractivity contribution < 1.29 is 0 Å². The lowest BCUT2D eigenvalue weighted by Crippen LogP contribution is -2.48. The number of nitrogens with one attached hydrogen (secondary N) is 1. The number of rotatable bonds is 4. The van der Waals surface area contributed by atoms with Crippen molar-refractivity contribution in [1.29, 1.82) is 0 Å². The van der Waals surface area contributed by atoms with Crippen molar-refractivity contribution in [2.45, 2.75) is 37.6 Å². The number of benzene rings is 2. The Morgan fingerprint density at radius 3 is 2.38 bits per heavy atom. The summed E-state index contributed by atoms with van der Waals surface area (Å²) < 4.78 is 0. The van der Waals surface area contributed by atoms with Crippen LogP contribution in [0.25, 0.3) is 0 Å². The molecule has 3 rings (SSSR count). The van der Waals surface area contributed by atoms with Crippen LogP contribution in [-0.2, 0) is 5.41 Å². The summed E-state index contributed by atoms with van der Waals surface area (Å²) >= 11 is 6.30. The zero-order valence-electron chi connectivity index (χ0n) is 12.3. The summed E-state index contributed by atoms with van der Waals surface area (Å²) in [7, 11) is 0. The maximum Gasteiger partial charge on any atom is 0.0557 e. The smallest absolute Gasteiger partial charge is 0.0557 e. The molecule has 1 unspecified atom stereocenters. The maximum atomic E-state index is 6.30. The molecule has 1 fully saturated rings. The number of halogens is 1. The van der Waals surface area contributed by atoms with Crippen LogP contribution in [0, 0.1) is 6.92 Å². The zero-order chi connectivity index (χ0) is 14.9. The fourth-order valence-corrected chi connectivity index (χ4v) is 3.62. The summed E-state index contributed by atoms with van der Waals surface area (Å²) in [6.07, 6.45) is 3.54. The van der Waals surface area contributed by atoms with E-state index in [-0.39, 0.29) is 11.5 Å². The molecular weight excluding hydrogens is 280 g/mol. The molecule has 2 aromatic carbocycles. The standard InChI is InChI=1S/C18H21ClN2/c1-13-8-9-14(12-16(13)19)17(21-20)18(10-5-11-18)15-6-3-2-4-7-15/h2-4,6-9,12,17,21H,5,10-11,20H2,1H3. The highest BCUT2D eigenvalue weighted by Crippen LogP contribution is 2.52. The van der Waals surface area contributed by atoms with Crippen molar-refractivity contribution in [3.8, 4) is 0 Å². The number of aryl methyl sites for hydroxylation is 1. The molecule has 0 spiro atoms. The van der Waals surface area contributed by atoms with Crippen LogP contribution in [0.1, 0.15) is 42.0 Å². The minimum atomic E-state index is 0.0780. The number of hydrazine groups is 1. The van der Waals surface area contributed by atoms with Crippen LogP contribution < -0.4 is 11.3 Å². The van der Waals surface area contributed by atoms with E-state index in [0.717, 1.165) is 29.0 Å². The monoisotopic (exact) mass is 300 g/mol. The molecule has 1 atom stereocenters. The third-order valence-corrected chi connectivity index (χ3v) is 5.25. The van der Waals surface area contributed by atoms with E-state index in [0.29, 0.717) is 0 Å². The van der Waals surface area contributed by atoms with Gasteiger partial charge < -0.3 is 0 Å². The van der Waals surface area contributed by atoms with Gasteiger partial charge in [-0.25, -0.2) is 0 Å². The summed E-state index contributed by atoms with van der Waals surface area (Å²) in [4.78, 5) is 0. The third-order valence-electron chi connectivity index (χ3n) is 4.84. The maximum absolute atomic E-state index is 6.30. The molecule has 1 saturated carbocycles. The van der Waals surface area contributed by atoms with Gasteiger partial charge in [-0.1, -0.05) is 60.5 Å². The van der Waals surface area contributed by atoms with E-state index in [1.165, 1.54) is 12.0 Å². The highest BCUT2D eigenvalue weighted by Gasteiger charge is 2.45. The Balaban J connectivity index is 2.03. The Bertz CT molecular complexity index is 620. The second kappa shape index (κ2) is 5.80. The van der Waals surface area contributed by atoms with Crippen molar-refractivity contribution in [1.82, 2.24) is 5.43 Å². The van der Waals surface area contributed by atoms with Gasteiger partial charge in [-0.3, -0.25) is 11.3 Å². The minimum absolute atomic E-state index is 0.0780. The second-order valence-corrected chi connectivity index (χ2v) is 6.39. The third kappa shape index (κ3) is 2.48. The molecular formula is C18H21ClN2. The molecule has 0 bridgehead atoms. The van der Waals surface area contributed by atoms with Crippen molar-refractivity contribution in [3.63, 3.8) is 0 Å². The van der Waals surface area contributed by atoms with Crippen molar-refractivity contribution in [2.24, 2.45) is 5.84 Å². The van der Waals surface area contributed by atoms with Gasteiger partial charge in [0, 0.05) is 10.4 Å². The fraction of sp³-hybridized carbons (Fsp3) is 0.333. The second-order valence-electron chi connectivity index (χ2n) is 5.98. The highest BCUT2D eigenvalue weighted by molar-refractivity contribution is 6.31. The average molecular weight is 301 g/mol. The van der Waals surface area contributed by atoms with Gasteiger partial charge in [0.25, 0.3) is 0 Å². The van der Waals surface area contributed by atoms with Crippen molar-refractivity contribution in [3.05, 3.63) is 70.2 Å². The van der Waals surface area contributed by atoms with Gasteiger partial charge in [-0.2, -0.15) is 0 Å². The summed E-state index contributed by atoms with van der Waals surface area (Å²) in [6.45, 7) is 2.02. The van der Waals surface area contributed by atoms with Crippen LogP contribution in [0.4, 0.5) is 0 Å². The molecule has 2 nitrogen and oxygen atoms in total. The number of hydrogen-bond donors (Lipinski definition) is 2. The molecule has 1 aliphatic carbocycles. The van der Waals surface area contributed by atoms with Crippen LogP contribution >= 0.6 is 11.6 Å². The fourth-order valence-electron chi connectivity index (χ4n) is 3.44. The van der Waals surface area contributed by atoms with E-state index in [1.807, 2.05) is 13.0 Å². The molecule has 2 aromatic rings. The molecule has 110 valence electrons. The van der Waals surface area contributed by atoms with Gasteiger partial charge in [0.2, 0.25) is 0 Å². The number of nitrogens with two attached hydrogens (primary N) is 1. The highest BCUT2D eigenvalue weighted by atomic mass is 35.5. The van der Waals surface area contributed by atoms with E-state index < -0.39 is 0 Å². The molecule has 0 aliphatic heterocycles. The SMILES string of the molecule is Cc1ccc(C(NN)C2(c3ccccc3)CCC2)cc1Cl. The van der Waals surface area contributed by atoms with Crippen LogP contribution in [0.3, 0.4) is 0 Å². The van der Waals surface area contributed by atoms with E-state index >= 15 is 0 Å². The molecule has 0 aromatic heterocycles. The topological polar surface area (TPSA) is 38.0 Å². The zero-order valence-corrected chi connectivity index (χ0v) is 13.0. The van der Waals surface area contributed by atoms with Gasteiger partial charge >= 0.3 is 0 Å². The lowest BCUT2D eigenvalue weighted by molar-refractivity contribution is 0.170. The molecule has 0 saturated heterocycles. The van der Waals surface area contributed by atoms with Crippen LogP contribution in [0.15, 0.2) is 48.5 Å². The van der Waals surface area contributed by atoms with E-state index in [9.17, 15) is 0 Å². The first-order valence-electron chi connectivity index (χ1n) is 7.45. The Hall–Kier alpha value is -1.35. The van der Waals surface area contributed by atoms with Crippen LogP contribution in [-0.4, -0.2) is 0 Å². The largest absolute Gasteiger partial charge is 0.271 e. The molecule has 21 heavy (non-hydrogen) atoms. The van der Waals surface area contributed by atoms with E-state index in [1.54, 1.807) is 0 Å². The summed E-state index contributed by atoms with van der Waals surface area (Å²) in [5.74, 6) is 5.93. The molecule has 0 amide bonds. The van der Waals surface area contributed by atoms with Crippen molar-refractivity contribution in [2.75, 3.05) is 0 Å². The quantitative estimate of drug-likeness (QED) is 0.653. The number of hydrogen-bond acceptors (Lipinski definition) is 2. The lowest BCUT2D eigenvalue weighted by Gasteiger charge is -2.48. The van der Waals surface area contributed by atoms with E-state index in [2.05, 4.69) is 47.9 Å². The molecule has 1 aliphatic rings. The Labute approximate surface area is 131 Å². The summed E-state index contributed by atoms with van der Waals surface area (Å²) in [6, 6.07) is 17.0. The molecule has 0 radical (unpaired) electrons. The first-order valence-corrected chi connectivity index (χ1v) is 7.83. The average Bonchev–Trinajstić information content (AvgIpc) is 2.47. The minimum Gasteiger partial charge on any atom is -0.271 e. The summed E-state index contributed by atoms with van der Waals surface area (Å²) in [5, 5.41) is 0.801. The van der Waals surface area contributed by atoms with Gasteiger partial charge in [0.1, 0.15) is 0 Å². The van der Waals surface area contributed by atoms with E-state index in [4.69, 9.17) is 17.4 Å². The normalized spacial score (nSPS) is 18.0. The molecule has 3 N–H and O–H groups in total. The van der Waals surface area contributed by atoms with Crippen molar-refractivity contribution >= 4 is 11.6 Å². The summed E-state index contributed by atoms with van der Waals surface area (Å²) in [5.41, 5.74) is 6.74. The Morgan fingerprint density at radius 2 is 1.86 bits per heavy atom. The van der Waals surface area contributed by atoms with Gasteiger partial charge in [-0.05, 0) is 42.5 Å². The Kier molecular flexibility index (Phi) is 4.03. The van der Waals surface area contributed by atoms with Gasteiger partial charge in [0.15, 0.2) is 0 Å². The first-order chi connectivity index (χ1) is 10.2. The Morgan fingerprint density at radius 1 is 1.14 bits per heavy atom. The first kappa shape index (κ1) is 14.6. The predicted octanol–water partition coefficient (Wildman–Crippen LogP) is 4.27. The molecule has 0 heterocycles. The van der Waals surface area contributed by atoms with Crippen LogP contribution in [0.2, 0.25) is 5.02 Å². The van der Waals surface area contributed by atoms with Crippen LogP contribution in [0.5, 0.6) is 0 Å². The van der Waals surface area contributed by atoms with Gasteiger partial charge in [-0.15, -0.1) is 0 Å².